The SMILES string of the molecule is COc1cc(C(=O)N(C)C(C)c2ccc(Cl)cc2)ccc1OCc1c(C)noc1C. The van der Waals surface area contributed by atoms with Crippen molar-refractivity contribution in [1.82, 2.24) is 10.1 Å². The average molecular weight is 429 g/mol. The minimum absolute atomic E-state index is 0.115. The predicted molar refractivity (Wildman–Crippen MR) is 115 cm³/mol. The summed E-state index contributed by atoms with van der Waals surface area (Å²) in [6.07, 6.45) is 0. The van der Waals surface area contributed by atoms with Crippen LogP contribution in [0.3, 0.4) is 0 Å². The van der Waals surface area contributed by atoms with Crippen molar-refractivity contribution in [3.05, 3.63) is 75.6 Å². The fourth-order valence-electron chi connectivity index (χ4n) is 3.12. The van der Waals surface area contributed by atoms with E-state index >= 15 is 0 Å². The Morgan fingerprint density at radius 3 is 2.47 bits per heavy atom. The van der Waals surface area contributed by atoms with Crippen molar-refractivity contribution in [2.45, 2.75) is 33.4 Å². The van der Waals surface area contributed by atoms with Crippen LogP contribution in [-0.2, 0) is 6.61 Å². The topological polar surface area (TPSA) is 64.8 Å². The molecule has 0 aliphatic carbocycles. The first-order valence-electron chi connectivity index (χ1n) is 9.57. The lowest BCUT2D eigenvalue weighted by molar-refractivity contribution is 0.0742. The number of aryl methyl sites for hydroxylation is 2. The van der Waals surface area contributed by atoms with E-state index in [0.717, 1.165) is 22.6 Å². The maximum atomic E-state index is 13.0. The zero-order chi connectivity index (χ0) is 21.8. The molecule has 158 valence electrons. The van der Waals surface area contributed by atoms with Crippen molar-refractivity contribution in [2.75, 3.05) is 14.2 Å². The minimum atomic E-state index is -0.118. The van der Waals surface area contributed by atoms with Crippen LogP contribution in [0.15, 0.2) is 47.0 Å². The molecule has 0 aliphatic heterocycles. The molecule has 1 heterocycles. The van der Waals surface area contributed by atoms with Gasteiger partial charge in [-0.3, -0.25) is 4.79 Å². The van der Waals surface area contributed by atoms with Crippen LogP contribution in [0.25, 0.3) is 0 Å². The Hall–Kier alpha value is -2.99. The van der Waals surface area contributed by atoms with Crippen molar-refractivity contribution in [2.24, 2.45) is 0 Å². The third-order valence-electron chi connectivity index (χ3n) is 5.22. The zero-order valence-electron chi connectivity index (χ0n) is 17.7. The van der Waals surface area contributed by atoms with Gasteiger partial charge in [0.05, 0.1) is 24.4 Å². The quantitative estimate of drug-likeness (QED) is 0.506. The number of halogens is 1. The second-order valence-corrected chi connectivity index (χ2v) is 7.54. The lowest BCUT2D eigenvalue weighted by Crippen LogP contribution is -2.29. The third kappa shape index (κ3) is 4.60. The van der Waals surface area contributed by atoms with E-state index in [1.165, 1.54) is 0 Å². The molecule has 0 saturated carbocycles. The molecule has 3 aromatic rings. The molecule has 7 heteroatoms. The summed E-state index contributed by atoms with van der Waals surface area (Å²) >= 11 is 5.96. The smallest absolute Gasteiger partial charge is 0.254 e. The van der Waals surface area contributed by atoms with E-state index in [2.05, 4.69) is 5.16 Å². The molecule has 0 radical (unpaired) electrons. The van der Waals surface area contributed by atoms with Crippen molar-refractivity contribution < 1.29 is 18.8 Å². The standard InChI is InChI=1S/C23H25ClN2O4/c1-14-20(16(3)30-25-14)13-29-21-11-8-18(12-22(21)28-5)23(27)26(4)15(2)17-6-9-19(24)10-7-17/h6-12,15H,13H2,1-5H3. The molecular weight excluding hydrogens is 404 g/mol. The Morgan fingerprint density at radius 2 is 1.87 bits per heavy atom. The molecule has 30 heavy (non-hydrogen) atoms. The molecule has 0 spiro atoms. The monoisotopic (exact) mass is 428 g/mol. The van der Waals surface area contributed by atoms with E-state index in [4.69, 9.17) is 25.6 Å². The second kappa shape index (κ2) is 9.22. The van der Waals surface area contributed by atoms with Gasteiger partial charge in [-0.05, 0) is 56.7 Å². The molecule has 0 saturated heterocycles. The van der Waals surface area contributed by atoms with Crippen molar-refractivity contribution in [1.29, 1.82) is 0 Å². The molecule has 0 fully saturated rings. The first-order chi connectivity index (χ1) is 14.3. The summed E-state index contributed by atoms with van der Waals surface area (Å²) in [4.78, 5) is 14.7. The van der Waals surface area contributed by atoms with Gasteiger partial charge in [-0.2, -0.15) is 0 Å². The number of carbonyl (C=O) groups excluding carboxylic acids is 1. The average Bonchev–Trinajstić information content (AvgIpc) is 3.08. The van der Waals surface area contributed by atoms with E-state index in [1.807, 2.05) is 45.0 Å². The molecule has 1 atom stereocenters. The summed E-state index contributed by atoms with van der Waals surface area (Å²) in [5.74, 6) is 1.63. The van der Waals surface area contributed by atoms with Gasteiger partial charge in [0, 0.05) is 17.6 Å². The molecule has 6 nitrogen and oxygen atoms in total. The molecular formula is C23H25ClN2O4. The summed E-state index contributed by atoms with van der Waals surface area (Å²) in [7, 11) is 3.32. The van der Waals surface area contributed by atoms with Crippen LogP contribution in [0.5, 0.6) is 11.5 Å². The highest BCUT2D eigenvalue weighted by molar-refractivity contribution is 6.30. The number of nitrogens with zero attached hydrogens (tertiary/aromatic N) is 2. The number of hydrogen-bond donors (Lipinski definition) is 0. The Balaban J connectivity index is 1.75. The molecule has 1 unspecified atom stereocenters. The molecule has 2 aromatic carbocycles. The number of carbonyl (C=O) groups is 1. The normalized spacial score (nSPS) is 11.8. The van der Waals surface area contributed by atoms with E-state index in [0.29, 0.717) is 28.7 Å². The van der Waals surface area contributed by atoms with Gasteiger partial charge >= 0.3 is 0 Å². The number of ether oxygens (including phenoxy) is 2. The number of benzene rings is 2. The van der Waals surface area contributed by atoms with Gasteiger partial charge in [0.2, 0.25) is 0 Å². The summed E-state index contributed by atoms with van der Waals surface area (Å²) in [5, 5.41) is 4.59. The Kier molecular flexibility index (Phi) is 6.67. The van der Waals surface area contributed by atoms with E-state index in [-0.39, 0.29) is 11.9 Å². The number of amides is 1. The Bertz CT molecular complexity index is 1010. The number of hydrogen-bond acceptors (Lipinski definition) is 5. The first kappa shape index (κ1) is 21.7. The third-order valence-corrected chi connectivity index (χ3v) is 5.47. The van der Waals surface area contributed by atoms with Gasteiger partial charge in [0.25, 0.3) is 5.91 Å². The summed E-state index contributed by atoms with van der Waals surface area (Å²) < 4.78 is 16.5. The van der Waals surface area contributed by atoms with Gasteiger partial charge in [-0.25, -0.2) is 0 Å². The van der Waals surface area contributed by atoms with Crippen molar-refractivity contribution in [3.63, 3.8) is 0 Å². The van der Waals surface area contributed by atoms with Crippen LogP contribution < -0.4 is 9.47 Å². The minimum Gasteiger partial charge on any atom is -0.493 e. The molecule has 3 rings (SSSR count). The highest BCUT2D eigenvalue weighted by Gasteiger charge is 2.21. The van der Waals surface area contributed by atoms with E-state index < -0.39 is 0 Å². The Morgan fingerprint density at radius 1 is 1.17 bits per heavy atom. The highest BCUT2D eigenvalue weighted by atomic mass is 35.5. The van der Waals surface area contributed by atoms with Crippen molar-refractivity contribution in [3.8, 4) is 11.5 Å². The van der Waals surface area contributed by atoms with Gasteiger partial charge < -0.3 is 18.9 Å². The fraction of sp³-hybridized carbons (Fsp3) is 0.304. The molecule has 0 N–H and O–H groups in total. The maximum absolute atomic E-state index is 13.0. The largest absolute Gasteiger partial charge is 0.493 e. The molecule has 1 aromatic heterocycles. The summed E-state index contributed by atoms with van der Waals surface area (Å²) in [6, 6.07) is 12.5. The summed E-state index contributed by atoms with van der Waals surface area (Å²) in [5.41, 5.74) is 3.20. The zero-order valence-corrected chi connectivity index (χ0v) is 18.5. The highest BCUT2D eigenvalue weighted by Crippen LogP contribution is 2.31. The van der Waals surface area contributed by atoms with Gasteiger partial charge in [-0.15, -0.1) is 0 Å². The predicted octanol–water partition coefficient (Wildman–Crippen LogP) is 5.37. The second-order valence-electron chi connectivity index (χ2n) is 7.10. The van der Waals surface area contributed by atoms with Crippen LogP contribution in [0.1, 0.15) is 45.9 Å². The van der Waals surface area contributed by atoms with E-state index in [9.17, 15) is 4.79 Å². The van der Waals surface area contributed by atoms with Crippen LogP contribution in [0.2, 0.25) is 5.02 Å². The maximum Gasteiger partial charge on any atom is 0.254 e. The van der Waals surface area contributed by atoms with Crippen molar-refractivity contribution >= 4 is 17.5 Å². The van der Waals surface area contributed by atoms with Gasteiger partial charge in [-0.1, -0.05) is 28.9 Å². The lowest BCUT2D eigenvalue weighted by atomic mass is 10.1. The lowest BCUT2D eigenvalue weighted by Gasteiger charge is -2.26. The van der Waals surface area contributed by atoms with Crippen LogP contribution in [0, 0.1) is 13.8 Å². The number of aromatic nitrogens is 1. The number of rotatable bonds is 7. The molecule has 0 bridgehead atoms. The fourth-order valence-corrected chi connectivity index (χ4v) is 3.25. The first-order valence-corrected chi connectivity index (χ1v) is 9.94. The van der Waals surface area contributed by atoms with Gasteiger partial charge in [0.1, 0.15) is 12.4 Å². The number of methoxy groups -OCH3 is 1. The van der Waals surface area contributed by atoms with Crippen LogP contribution >= 0.6 is 11.6 Å². The Labute approximate surface area is 181 Å². The van der Waals surface area contributed by atoms with Crippen LogP contribution in [0.4, 0.5) is 0 Å². The van der Waals surface area contributed by atoms with E-state index in [1.54, 1.807) is 37.3 Å². The van der Waals surface area contributed by atoms with Gasteiger partial charge in [0.15, 0.2) is 11.5 Å². The van der Waals surface area contributed by atoms with Crippen LogP contribution in [-0.4, -0.2) is 30.1 Å². The molecule has 1 amide bonds. The summed E-state index contributed by atoms with van der Waals surface area (Å²) in [6.45, 7) is 5.99. The molecule has 0 aliphatic rings.